The number of hydrogen-bond donors (Lipinski definition) is 2. The minimum Gasteiger partial charge on any atom is -0.383 e. The summed E-state index contributed by atoms with van der Waals surface area (Å²) in [6.45, 7) is 9.23. The van der Waals surface area contributed by atoms with E-state index in [9.17, 15) is 9.18 Å². The Morgan fingerprint density at radius 1 is 1.11 bits per heavy atom. The molecule has 35 heavy (non-hydrogen) atoms. The topological polar surface area (TPSA) is 71.4 Å². The van der Waals surface area contributed by atoms with E-state index in [0.29, 0.717) is 18.1 Å². The number of urea groups is 1. The van der Waals surface area contributed by atoms with E-state index in [1.54, 1.807) is 23.9 Å². The Balaban J connectivity index is 1.54. The van der Waals surface area contributed by atoms with Gasteiger partial charge in [-0.15, -0.1) is 0 Å². The van der Waals surface area contributed by atoms with Crippen molar-refractivity contribution in [3.8, 4) is 5.69 Å². The van der Waals surface area contributed by atoms with Crippen LogP contribution in [-0.4, -0.2) is 60.1 Å². The van der Waals surface area contributed by atoms with Crippen LogP contribution in [0.1, 0.15) is 37.9 Å². The average molecular weight is 480 g/mol. The van der Waals surface area contributed by atoms with Gasteiger partial charge in [0.1, 0.15) is 11.6 Å². The molecule has 1 fully saturated rings. The van der Waals surface area contributed by atoms with E-state index in [1.807, 2.05) is 24.3 Å². The predicted molar refractivity (Wildman–Crippen MR) is 136 cm³/mol. The fraction of sp³-hybridized carbons (Fsp3) is 0.407. The molecular formula is C27H34FN5O2. The highest BCUT2D eigenvalue weighted by Crippen LogP contribution is 2.29. The van der Waals surface area contributed by atoms with Crippen molar-refractivity contribution < 1.29 is 13.9 Å². The van der Waals surface area contributed by atoms with Crippen molar-refractivity contribution in [3.63, 3.8) is 0 Å². The van der Waals surface area contributed by atoms with Gasteiger partial charge in [0.2, 0.25) is 0 Å². The number of hydrogen-bond acceptors (Lipinski definition) is 4. The number of carbonyl (C=O) groups excluding carboxylic acids is 1. The van der Waals surface area contributed by atoms with Crippen LogP contribution in [0.25, 0.3) is 5.69 Å². The van der Waals surface area contributed by atoms with Gasteiger partial charge in [-0.3, -0.25) is 10.2 Å². The largest absolute Gasteiger partial charge is 0.383 e. The molecule has 0 aliphatic carbocycles. The molecule has 0 unspecified atom stereocenters. The summed E-state index contributed by atoms with van der Waals surface area (Å²) >= 11 is 0. The maximum atomic E-state index is 13.5. The number of nitrogens with one attached hydrogen (secondary N) is 2. The SMILES string of the molecule is COCCN1C[C@H](NC(=O)Nc2cc(C(C)(C)C)nn2-c2ccc(F)cc2)[C@@H](c2ccccc2)C1. The molecule has 7 nitrogen and oxygen atoms in total. The molecule has 2 N–H and O–H groups in total. The fourth-order valence-corrected chi connectivity index (χ4v) is 4.41. The van der Waals surface area contributed by atoms with E-state index in [2.05, 4.69) is 48.4 Å². The Labute approximate surface area is 206 Å². The molecule has 2 heterocycles. The summed E-state index contributed by atoms with van der Waals surface area (Å²) in [5.41, 5.74) is 2.48. The number of ether oxygens (including phenoxy) is 1. The highest BCUT2D eigenvalue weighted by molar-refractivity contribution is 5.89. The third-order valence-electron chi connectivity index (χ3n) is 6.34. The molecule has 0 radical (unpaired) electrons. The second-order valence-electron chi connectivity index (χ2n) is 10.0. The van der Waals surface area contributed by atoms with Crippen LogP contribution in [0.4, 0.5) is 15.0 Å². The minimum absolute atomic E-state index is 0.0569. The van der Waals surface area contributed by atoms with Crippen LogP contribution >= 0.6 is 0 Å². The maximum Gasteiger partial charge on any atom is 0.320 e. The molecule has 1 aromatic heterocycles. The number of anilines is 1. The molecule has 186 valence electrons. The van der Waals surface area contributed by atoms with Gasteiger partial charge in [-0.25, -0.2) is 13.9 Å². The van der Waals surface area contributed by atoms with Gasteiger partial charge in [0.25, 0.3) is 0 Å². The first-order valence-electron chi connectivity index (χ1n) is 11.9. The minimum atomic E-state index is -0.324. The van der Waals surface area contributed by atoms with E-state index >= 15 is 0 Å². The highest BCUT2D eigenvalue weighted by Gasteiger charge is 2.34. The molecule has 4 rings (SSSR count). The number of amides is 2. The number of likely N-dealkylation sites (tertiary alicyclic amines) is 1. The quantitative estimate of drug-likeness (QED) is 0.522. The van der Waals surface area contributed by atoms with Gasteiger partial charge in [0.15, 0.2) is 0 Å². The molecule has 1 aliphatic heterocycles. The van der Waals surface area contributed by atoms with E-state index in [1.165, 1.54) is 17.7 Å². The molecule has 3 aromatic rings. The maximum absolute atomic E-state index is 13.5. The number of rotatable bonds is 7. The molecule has 0 spiro atoms. The average Bonchev–Trinajstić information content (AvgIpc) is 3.43. The zero-order chi connectivity index (χ0) is 25.0. The second kappa shape index (κ2) is 10.6. The first-order valence-corrected chi connectivity index (χ1v) is 11.9. The van der Waals surface area contributed by atoms with E-state index in [4.69, 9.17) is 9.84 Å². The fourth-order valence-electron chi connectivity index (χ4n) is 4.41. The van der Waals surface area contributed by atoms with Gasteiger partial charge in [-0.05, 0) is 29.8 Å². The smallest absolute Gasteiger partial charge is 0.320 e. The van der Waals surface area contributed by atoms with Crippen LogP contribution in [0, 0.1) is 5.82 Å². The van der Waals surface area contributed by atoms with Crippen LogP contribution < -0.4 is 10.6 Å². The highest BCUT2D eigenvalue weighted by atomic mass is 19.1. The molecule has 8 heteroatoms. The number of aromatic nitrogens is 2. The van der Waals surface area contributed by atoms with Crippen LogP contribution in [0.15, 0.2) is 60.7 Å². The van der Waals surface area contributed by atoms with Gasteiger partial charge in [0.05, 0.1) is 24.0 Å². The lowest BCUT2D eigenvalue weighted by atomic mass is 9.92. The Kier molecular flexibility index (Phi) is 7.52. The number of nitrogens with zero attached hydrogens (tertiary/aromatic N) is 3. The summed E-state index contributed by atoms with van der Waals surface area (Å²) in [5, 5.41) is 10.9. The van der Waals surface area contributed by atoms with Crippen LogP contribution in [0.2, 0.25) is 0 Å². The van der Waals surface area contributed by atoms with Crippen molar-refractivity contribution >= 4 is 11.8 Å². The summed E-state index contributed by atoms with van der Waals surface area (Å²) in [4.78, 5) is 15.5. The number of methoxy groups -OCH3 is 1. The Hall–Kier alpha value is -3.23. The van der Waals surface area contributed by atoms with Crippen molar-refractivity contribution in [2.24, 2.45) is 0 Å². The normalized spacial score (nSPS) is 18.5. The van der Waals surface area contributed by atoms with E-state index in [-0.39, 0.29) is 29.2 Å². The second-order valence-corrected chi connectivity index (χ2v) is 10.0. The van der Waals surface area contributed by atoms with Gasteiger partial charge in [-0.1, -0.05) is 51.1 Å². The van der Waals surface area contributed by atoms with Gasteiger partial charge in [0, 0.05) is 44.1 Å². The molecule has 0 bridgehead atoms. The number of halogens is 1. The van der Waals surface area contributed by atoms with Crippen LogP contribution in [-0.2, 0) is 10.2 Å². The Morgan fingerprint density at radius 3 is 2.49 bits per heavy atom. The van der Waals surface area contributed by atoms with Crippen molar-refractivity contribution in [2.75, 3.05) is 38.7 Å². The number of carbonyl (C=O) groups is 1. The predicted octanol–water partition coefficient (Wildman–Crippen LogP) is 4.54. The molecule has 2 aromatic carbocycles. The zero-order valence-electron chi connectivity index (χ0n) is 20.8. The lowest BCUT2D eigenvalue weighted by Crippen LogP contribution is -2.42. The molecule has 0 saturated carbocycles. The van der Waals surface area contributed by atoms with Crippen molar-refractivity contribution in [1.29, 1.82) is 0 Å². The van der Waals surface area contributed by atoms with E-state index in [0.717, 1.165) is 25.3 Å². The zero-order valence-corrected chi connectivity index (χ0v) is 20.8. The third kappa shape index (κ3) is 6.07. The van der Waals surface area contributed by atoms with Gasteiger partial charge < -0.3 is 10.1 Å². The summed E-state index contributed by atoms with van der Waals surface area (Å²) in [6.07, 6.45) is 0. The summed E-state index contributed by atoms with van der Waals surface area (Å²) in [5.74, 6) is 0.380. The standard InChI is InChI=1S/C27H34FN5O2/c1-27(2,3)24-16-25(33(31-24)21-12-10-20(28)11-13-21)30-26(34)29-23-18-32(14-15-35-4)17-22(23)19-8-6-5-7-9-19/h5-13,16,22-23H,14-15,17-18H2,1-4H3,(H2,29,30,34)/t22-,23+/m1/s1. The van der Waals surface area contributed by atoms with Gasteiger partial charge in [-0.2, -0.15) is 5.10 Å². The molecule has 2 atom stereocenters. The van der Waals surface area contributed by atoms with Crippen LogP contribution in [0.5, 0.6) is 0 Å². The van der Waals surface area contributed by atoms with Crippen molar-refractivity contribution in [3.05, 3.63) is 77.7 Å². The van der Waals surface area contributed by atoms with Crippen LogP contribution in [0.3, 0.4) is 0 Å². The number of benzene rings is 2. The van der Waals surface area contributed by atoms with E-state index < -0.39 is 0 Å². The molecular weight excluding hydrogens is 445 g/mol. The summed E-state index contributed by atoms with van der Waals surface area (Å²) in [6, 6.07) is 17.8. The third-order valence-corrected chi connectivity index (χ3v) is 6.34. The molecule has 1 saturated heterocycles. The van der Waals surface area contributed by atoms with Gasteiger partial charge >= 0.3 is 6.03 Å². The molecule has 2 amide bonds. The van der Waals surface area contributed by atoms with Crippen molar-refractivity contribution in [2.45, 2.75) is 38.1 Å². The first-order chi connectivity index (χ1) is 16.7. The monoisotopic (exact) mass is 479 g/mol. The summed E-state index contributed by atoms with van der Waals surface area (Å²) < 4.78 is 20.4. The first kappa shape index (κ1) is 24.9. The lowest BCUT2D eigenvalue weighted by molar-refractivity contribution is 0.159. The Bertz CT molecular complexity index is 1120. The summed E-state index contributed by atoms with van der Waals surface area (Å²) in [7, 11) is 1.70. The molecule has 1 aliphatic rings. The van der Waals surface area contributed by atoms with Crippen molar-refractivity contribution in [1.82, 2.24) is 20.0 Å². The lowest BCUT2D eigenvalue weighted by Gasteiger charge is -2.20. The Morgan fingerprint density at radius 2 is 1.83 bits per heavy atom.